The van der Waals surface area contributed by atoms with Crippen LogP contribution in [0.4, 0.5) is 13.2 Å². The van der Waals surface area contributed by atoms with Crippen LogP contribution in [0.1, 0.15) is 66.5 Å². The van der Waals surface area contributed by atoms with Gasteiger partial charge in [-0.05, 0) is 57.2 Å². The number of hydrogen-bond donors (Lipinski definition) is 3. The lowest BCUT2D eigenvalue weighted by Crippen LogP contribution is -2.43. The summed E-state index contributed by atoms with van der Waals surface area (Å²) in [5.41, 5.74) is 1.58. The summed E-state index contributed by atoms with van der Waals surface area (Å²) in [6.07, 6.45) is 2.65. The van der Waals surface area contributed by atoms with Crippen molar-refractivity contribution in [3.05, 3.63) is 57.6 Å². The van der Waals surface area contributed by atoms with E-state index in [1.807, 2.05) is 0 Å². The molecule has 0 bridgehead atoms. The maximum atomic E-state index is 13.2. The first-order valence-electron chi connectivity index (χ1n) is 13.6. The van der Waals surface area contributed by atoms with Crippen LogP contribution in [0, 0.1) is 0 Å². The first kappa shape index (κ1) is 30.4. The van der Waals surface area contributed by atoms with E-state index < -0.39 is 17.3 Å². The maximum Gasteiger partial charge on any atom is 0.416 e. The van der Waals surface area contributed by atoms with Crippen molar-refractivity contribution in [2.75, 3.05) is 26.8 Å². The summed E-state index contributed by atoms with van der Waals surface area (Å²) in [4.78, 5) is 25.8. The summed E-state index contributed by atoms with van der Waals surface area (Å²) in [5, 5.41) is 15.0. The fourth-order valence-electron chi connectivity index (χ4n) is 5.34. The number of ether oxygens (including phenoxy) is 1. The van der Waals surface area contributed by atoms with Crippen LogP contribution >= 0.6 is 11.3 Å². The van der Waals surface area contributed by atoms with Gasteiger partial charge in [0.05, 0.1) is 29.4 Å². The smallest absolute Gasteiger partial charge is 0.383 e. The second-order valence-electron chi connectivity index (χ2n) is 10.3. The lowest BCUT2D eigenvalue weighted by molar-refractivity contribution is -0.137. The number of methoxy groups -OCH3 is 1. The van der Waals surface area contributed by atoms with Crippen LogP contribution in [0.15, 0.2) is 36.5 Å². The van der Waals surface area contributed by atoms with Gasteiger partial charge in [-0.3, -0.25) is 20.0 Å². The van der Waals surface area contributed by atoms with Crippen LogP contribution in [0.25, 0.3) is 5.70 Å². The standard InChI is InChI=1S/C28H37F3N4O4S/c1-3-39-34-24(19-5-4-6-20(15-19)28(29,30)31)7-8-25(36)33-21-11-14-35(17-21)22-9-12-27(37,13-10-22)26-32-16-23(40-26)18-38-2/h4-7,15-16,21-22,34,37H,3,8-14,17-18H2,1-2H3,(H,33,36)/t21-,22?,27?/m1/s1. The number of aromatic nitrogens is 1. The SMILES string of the molecule is CCONC(=CCC(=O)N[C@@H]1CCN(C2CCC(O)(c3ncc(COC)s3)CC2)C1)c1cccc(C(F)(F)F)c1. The highest BCUT2D eigenvalue weighted by atomic mass is 32.1. The molecule has 220 valence electrons. The molecule has 0 spiro atoms. The molecule has 1 saturated carbocycles. The Morgan fingerprint density at radius 1 is 1.30 bits per heavy atom. The van der Waals surface area contributed by atoms with Gasteiger partial charge in [-0.25, -0.2) is 4.98 Å². The Kier molecular flexibility index (Phi) is 10.2. The zero-order chi connectivity index (χ0) is 28.8. The number of halogens is 3. The topological polar surface area (TPSA) is 96.0 Å². The molecule has 40 heavy (non-hydrogen) atoms. The number of likely N-dealkylation sites (tertiary alicyclic amines) is 1. The minimum Gasteiger partial charge on any atom is -0.383 e. The fraction of sp³-hybridized carbons (Fsp3) is 0.571. The number of nitrogens with zero attached hydrogens (tertiary/aromatic N) is 2. The van der Waals surface area contributed by atoms with Crippen molar-refractivity contribution < 1.29 is 32.6 Å². The number of thiazole rings is 1. The summed E-state index contributed by atoms with van der Waals surface area (Å²) in [6, 6.07) is 5.23. The van der Waals surface area contributed by atoms with Gasteiger partial charge in [0, 0.05) is 50.5 Å². The summed E-state index contributed by atoms with van der Waals surface area (Å²) in [7, 11) is 1.64. The van der Waals surface area contributed by atoms with Crippen molar-refractivity contribution in [1.82, 2.24) is 20.7 Å². The Bertz CT molecular complexity index is 1160. The highest BCUT2D eigenvalue weighted by Crippen LogP contribution is 2.41. The lowest BCUT2D eigenvalue weighted by atomic mass is 9.82. The van der Waals surface area contributed by atoms with E-state index >= 15 is 0 Å². The van der Waals surface area contributed by atoms with Gasteiger partial charge in [0.1, 0.15) is 10.6 Å². The molecule has 4 rings (SSSR count). The number of aliphatic hydroxyl groups is 1. The van der Waals surface area contributed by atoms with Crippen LogP contribution in [0.2, 0.25) is 0 Å². The molecule has 8 nitrogen and oxygen atoms in total. The highest BCUT2D eigenvalue weighted by molar-refractivity contribution is 7.11. The molecular formula is C28H37F3N4O4S. The third-order valence-corrected chi connectivity index (χ3v) is 8.60. The van der Waals surface area contributed by atoms with E-state index in [-0.39, 0.29) is 23.9 Å². The Hall–Kier alpha value is -2.51. The molecule has 1 aliphatic heterocycles. The third-order valence-electron chi connectivity index (χ3n) is 7.44. The fourth-order valence-corrected chi connectivity index (χ4v) is 6.37. The van der Waals surface area contributed by atoms with Crippen molar-refractivity contribution in [1.29, 1.82) is 0 Å². The zero-order valence-corrected chi connectivity index (χ0v) is 23.6. The van der Waals surface area contributed by atoms with Gasteiger partial charge >= 0.3 is 6.18 Å². The molecule has 1 atom stereocenters. The largest absolute Gasteiger partial charge is 0.416 e. The van der Waals surface area contributed by atoms with E-state index in [0.717, 1.165) is 54.4 Å². The molecule has 12 heteroatoms. The third kappa shape index (κ3) is 7.82. The minimum absolute atomic E-state index is 0.00249. The van der Waals surface area contributed by atoms with Crippen LogP contribution < -0.4 is 10.8 Å². The number of rotatable bonds is 11. The van der Waals surface area contributed by atoms with Crippen molar-refractivity contribution in [3.63, 3.8) is 0 Å². The quantitative estimate of drug-likeness (QED) is 0.334. The molecule has 1 saturated heterocycles. The summed E-state index contributed by atoms with van der Waals surface area (Å²) in [5.74, 6) is -0.205. The summed E-state index contributed by atoms with van der Waals surface area (Å²) < 4.78 is 44.7. The predicted molar refractivity (Wildman–Crippen MR) is 146 cm³/mol. The molecule has 1 amide bonds. The van der Waals surface area contributed by atoms with Crippen LogP contribution in [-0.4, -0.2) is 59.8 Å². The van der Waals surface area contributed by atoms with Crippen molar-refractivity contribution >= 4 is 22.9 Å². The number of nitrogens with one attached hydrogen (secondary N) is 2. The Labute approximate surface area is 236 Å². The number of hydroxylamine groups is 1. The number of hydrogen-bond acceptors (Lipinski definition) is 8. The average Bonchev–Trinajstić information content (AvgIpc) is 3.59. The van der Waals surface area contributed by atoms with Gasteiger partial charge in [0.15, 0.2) is 0 Å². The molecule has 2 aliphatic rings. The Morgan fingerprint density at radius 2 is 2.08 bits per heavy atom. The molecule has 0 radical (unpaired) electrons. The molecular weight excluding hydrogens is 545 g/mol. The van der Waals surface area contributed by atoms with Crippen molar-refractivity contribution in [2.45, 2.75) is 75.9 Å². The molecule has 2 aromatic rings. The van der Waals surface area contributed by atoms with Gasteiger partial charge in [-0.15, -0.1) is 11.3 Å². The van der Waals surface area contributed by atoms with Gasteiger partial charge < -0.3 is 15.2 Å². The summed E-state index contributed by atoms with van der Waals surface area (Å²) >= 11 is 1.50. The Morgan fingerprint density at radius 3 is 2.77 bits per heavy atom. The van der Waals surface area contributed by atoms with E-state index in [2.05, 4.69) is 20.7 Å². The second-order valence-corrected chi connectivity index (χ2v) is 11.4. The van der Waals surface area contributed by atoms with Gasteiger partial charge in [-0.1, -0.05) is 12.1 Å². The van der Waals surface area contributed by atoms with E-state index in [1.54, 1.807) is 26.3 Å². The first-order valence-corrected chi connectivity index (χ1v) is 14.4. The second kappa shape index (κ2) is 13.4. The molecule has 2 fully saturated rings. The van der Waals surface area contributed by atoms with Gasteiger partial charge in [0.2, 0.25) is 5.91 Å². The normalized spacial score (nSPS) is 24.3. The Balaban J connectivity index is 1.28. The number of carbonyl (C=O) groups excluding carboxylic acids is 1. The highest BCUT2D eigenvalue weighted by Gasteiger charge is 2.40. The van der Waals surface area contributed by atoms with E-state index in [9.17, 15) is 23.1 Å². The minimum atomic E-state index is -4.47. The number of benzene rings is 1. The maximum absolute atomic E-state index is 13.2. The van der Waals surface area contributed by atoms with Gasteiger partial charge in [0.25, 0.3) is 0 Å². The van der Waals surface area contributed by atoms with Crippen LogP contribution in [-0.2, 0) is 32.8 Å². The molecule has 1 aromatic heterocycles. The lowest BCUT2D eigenvalue weighted by Gasteiger charge is -2.38. The molecule has 1 aromatic carbocycles. The van der Waals surface area contributed by atoms with Crippen LogP contribution in [0.3, 0.4) is 0 Å². The average molecular weight is 583 g/mol. The molecule has 2 heterocycles. The molecule has 1 aliphatic carbocycles. The number of carbonyl (C=O) groups is 1. The van der Waals surface area contributed by atoms with Crippen molar-refractivity contribution in [3.8, 4) is 0 Å². The predicted octanol–water partition coefficient (Wildman–Crippen LogP) is 4.60. The van der Waals surface area contributed by atoms with Crippen LogP contribution in [0.5, 0.6) is 0 Å². The molecule has 0 unspecified atom stereocenters. The summed E-state index contributed by atoms with van der Waals surface area (Å²) in [6.45, 7) is 4.13. The molecule has 3 N–H and O–H groups in total. The van der Waals surface area contributed by atoms with E-state index in [4.69, 9.17) is 9.57 Å². The van der Waals surface area contributed by atoms with E-state index in [1.165, 1.54) is 23.5 Å². The van der Waals surface area contributed by atoms with E-state index in [0.29, 0.717) is 37.8 Å². The number of alkyl halides is 3. The number of amides is 1. The first-order chi connectivity index (χ1) is 19.1. The van der Waals surface area contributed by atoms with Crippen molar-refractivity contribution in [2.24, 2.45) is 0 Å². The zero-order valence-electron chi connectivity index (χ0n) is 22.8. The van der Waals surface area contributed by atoms with Gasteiger partial charge in [-0.2, -0.15) is 13.2 Å². The monoisotopic (exact) mass is 582 g/mol.